The highest BCUT2D eigenvalue weighted by molar-refractivity contribution is 5.97. The van der Waals surface area contributed by atoms with Crippen LogP contribution in [-0.2, 0) is 21.3 Å². The number of likely N-dealkylation sites (tertiary alicyclic amines) is 1. The number of carbonyl (C=O) groups is 2. The summed E-state index contributed by atoms with van der Waals surface area (Å²) in [7, 11) is 3.33. The normalized spacial score (nSPS) is 15.4. The van der Waals surface area contributed by atoms with Crippen molar-refractivity contribution < 1.29 is 19.1 Å². The number of methoxy groups -OCH3 is 1. The second-order valence-corrected chi connectivity index (χ2v) is 6.61. The van der Waals surface area contributed by atoms with Crippen LogP contribution in [0.1, 0.15) is 35.4 Å². The molecule has 0 radical (unpaired) electrons. The Kier molecular flexibility index (Phi) is 5.56. The average Bonchev–Trinajstić information content (AvgIpc) is 2.95. The monoisotopic (exact) mass is 359 g/mol. The van der Waals surface area contributed by atoms with E-state index < -0.39 is 0 Å². The van der Waals surface area contributed by atoms with Crippen molar-refractivity contribution in [3.63, 3.8) is 0 Å². The van der Waals surface area contributed by atoms with Gasteiger partial charge in [0.1, 0.15) is 5.82 Å². The van der Waals surface area contributed by atoms with Crippen molar-refractivity contribution in [2.45, 2.75) is 32.3 Å². The number of hydrogen-bond donors (Lipinski definition) is 0. The van der Waals surface area contributed by atoms with Crippen LogP contribution in [0.25, 0.3) is 11.0 Å². The zero-order valence-corrected chi connectivity index (χ0v) is 15.5. The lowest BCUT2D eigenvalue weighted by molar-refractivity contribution is -0.142. The third-order valence-electron chi connectivity index (χ3n) is 4.97. The van der Waals surface area contributed by atoms with E-state index in [1.165, 1.54) is 7.11 Å². The van der Waals surface area contributed by atoms with E-state index in [4.69, 9.17) is 4.74 Å². The number of esters is 1. The summed E-state index contributed by atoms with van der Waals surface area (Å²) in [5.41, 5.74) is 2.55. The maximum atomic E-state index is 12.8. The van der Waals surface area contributed by atoms with Gasteiger partial charge in [-0.2, -0.15) is 0 Å². The smallest absolute Gasteiger partial charge is 0.307 e. The molecule has 140 valence electrons. The van der Waals surface area contributed by atoms with Crippen LogP contribution in [-0.4, -0.2) is 59.2 Å². The molecule has 0 N–H and O–H groups in total. The molecule has 2 heterocycles. The number of amides is 1. The van der Waals surface area contributed by atoms with Gasteiger partial charge in [-0.25, -0.2) is 4.98 Å². The van der Waals surface area contributed by atoms with Crippen molar-refractivity contribution in [3.8, 4) is 0 Å². The van der Waals surface area contributed by atoms with E-state index >= 15 is 0 Å². The molecule has 1 aliphatic heterocycles. The van der Waals surface area contributed by atoms with Crippen molar-refractivity contribution in [2.75, 3.05) is 26.8 Å². The molecule has 7 heteroatoms. The van der Waals surface area contributed by atoms with Gasteiger partial charge in [0.15, 0.2) is 0 Å². The number of imidazole rings is 1. The van der Waals surface area contributed by atoms with Gasteiger partial charge in [0, 0.05) is 25.7 Å². The lowest BCUT2D eigenvalue weighted by atomic mass is 10.1. The van der Waals surface area contributed by atoms with Gasteiger partial charge in [-0.05, 0) is 38.0 Å². The maximum absolute atomic E-state index is 12.8. The number of piperidine rings is 1. The van der Waals surface area contributed by atoms with Crippen LogP contribution in [0.15, 0.2) is 18.2 Å². The SMILES string of the molecule is COC(=O)CCOC1CCN(C(=O)c2ccc3nc(C)n(C)c3c2)CC1. The summed E-state index contributed by atoms with van der Waals surface area (Å²) in [6, 6.07) is 5.66. The number of rotatable bonds is 5. The molecule has 1 aliphatic rings. The highest BCUT2D eigenvalue weighted by atomic mass is 16.5. The molecule has 2 aromatic rings. The van der Waals surface area contributed by atoms with E-state index in [9.17, 15) is 9.59 Å². The molecule has 1 fully saturated rings. The number of hydrogen-bond acceptors (Lipinski definition) is 5. The molecule has 7 nitrogen and oxygen atoms in total. The molecule has 1 aromatic heterocycles. The topological polar surface area (TPSA) is 73.7 Å². The Balaban J connectivity index is 1.57. The number of nitrogens with zero attached hydrogens (tertiary/aromatic N) is 3. The summed E-state index contributed by atoms with van der Waals surface area (Å²) < 4.78 is 12.3. The number of aryl methyl sites for hydroxylation is 2. The predicted molar refractivity (Wildman–Crippen MR) is 97.0 cm³/mol. The Morgan fingerprint density at radius 1 is 1.27 bits per heavy atom. The average molecular weight is 359 g/mol. The zero-order chi connectivity index (χ0) is 18.7. The van der Waals surface area contributed by atoms with E-state index in [1.54, 1.807) is 0 Å². The molecular weight excluding hydrogens is 334 g/mol. The summed E-state index contributed by atoms with van der Waals surface area (Å²) >= 11 is 0. The Hall–Kier alpha value is -2.41. The molecule has 26 heavy (non-hydrogen) atoms. The molecule has 1 aromatic carbocycles. The molecule has 0 unspecified atom stereocenters. The number of ether oxygens (including phenoxy) is 2. The number of carbonyl (C=O) groups excluding carboxylic acids is 2. The summed E-state index contributed by atoms with van der Waals surface area (Å²) in [5, 5.41) is 0. The summed E-state index contributed by atoms with van der Waals surface area (Å²) in [6.07, 6.45) is 1.91. The van der Waals surface area contributed by atoms with Gasteiger partial charge in [0.2, 0.25) is 0 Å². The Morgan fingerprint density at radius 2 is 2.00 bits per heavy atom. The van der Waals surface area contributed by atoms with Gasteiger partial charge < -0.3 is 18.9 Å². The standard InChI is InChI=1S/C19H25N3O4/c1-13-20-16-5-4-14(12-17(16)21(13)2)19(24)22-9-6-15(7-10-22)26-11-8-18(23)25-3/h4-5,12,15H,6-11H2,1-3H3. The minimum atomic E-state index is -0.265. The fourth-order valence-corrected chi connectivity index (χ4v) is 3.26. The first-order chi connectivity index (χ1) is 12.5. The van der Waals surface area contributed by atoms with Gasteiger partial charge in [-0.1, -0.05) is 0 Å². The van der Waals surface area contributed by atoms with E-state index in [0.717, 1.165) is 29.7 Å². The van der Waals surface area contributed by atoms with Crippen molar-refractivity contribution >= 4 is 22.9 Å². The van der Waals surface area contributed by atoms with Crippen LogP contribution in [0.2, 0.25) is 0 Å². The predicted octanol–water partition coefficient (Wildman–Crippen LogP) is 2.07. The van der Waals surface area contributed by atoms with Crippen LogP contribution >= 0.6 is 0 Å². The van der Waals surface area contributed by atoms with Gasteiger partial charge >= 0.3 is 5.97 Å². The first kappa shape index (κ1) is 18.4. The zero-order valence-electron chi connectivity index (χ0n) is 15.5. The van der Waals surface area contributed by atoms with E-state index in [2.05, 4.69) is 9.72 Å². The maximum Gasteiger partial charge on any atom is 0.307 e. The third kappa shape index (κ3) is 3.88. The largest absolute Gasteiger partial charge is 0.469 e. The molecule has 3 rings (SSSR count). The molecule has 1 saturated heterocycles. The fourth-order valence-electron chi connectivity index (χ4n) is 3.26. The highest BCUT2D eigenvalue weighted by Gasteiger charge is 2.24. The Bertz CT molecular complexity index is 806. The Labute approximate surface area is 152 Å². The van der Waals surface area contributed by atoms with Crippen LogP contribution in [0.4, 0.5) is 0 Å². The van der Waals surface area contributed by atoms with Gasteiger partial charge in [-0.15, -0.1) is 0 Å². The molecular formula is C19H25N3O4. The minimum Gasteiger partial charge on any atom is -0.469 e. The van der Waals surface area contributed by atoms with Crippen molar-refractivity contribution in [1.29, 1.82) is 0 Å². The molecule has 0 saturated carbocycles. The minimum absolute atomic E-state index is 0.0405. The molecule has 0 spiro atoms. The first-order valence-electron chi connectivity index (χ1n) is 8.90. The van der Waals surface area contributed by atoms with Crippen LogP contribution in [0.5, 0.6) is 0 Å². The second kappa shape index (κ2) is 7.86. The van der Waals surface area contributed by atoms with Gasteiger partial charge in [0.05, 0.1) is 37.3 Å². The van der Waals surface area contributed by atoms with Crippen LogP contribution in [0, 0.1) is 6.92 Å². The molecule has 1 amide bonds. The lowest BCUT2D eigenvalue weighted by Gasteiger charge is -2.32. The van der Waals surface area contributed by atoms with Crippen molar-refractivity contribution in [1.82, 2.24) is 14.5 Å². The number of fused-ring (bicyclic) bond motifs is 1. The third-order valence-corrected chi connectivity index (χ3v) is 4.97. The van der Waals surface area contributed by atoms with Gasteiger partial charge in [-0.3, -0.25) is 9.59 Å². The van der Waals surface area contributed by atoms with E-state index in [-0.39, 0.29) is 24.4 Å². The van der Waals surface area contributed by atoms with E-state index in [0.29, 0.717) is 25.3 Å². The van der Waals surface area contributed by atoms with Gasteiger partial charge in [0.25, 0.3) is 5.91 Å². The Morgan fingerprint density at radius 3 is 2.69 bits per heavy atom. The summed E-state index contributed by atoms with van der Waals surface area (Å²) in [5.74, 6) is 0.701. The van der Waals surface area contributed by atoms with Crippen LogP contribution in [0.3, 0.4) is 0 Å². The second-order valence-electron chi connectivity index (χ2n) is 6.61. The van der Waals surface area contributed by atoms with Crippen LogP contribution < -0.4 is 0 Å². The van der Waals surface area contributed by atoms with Crippen molar-refractivity contribution in [3.05, 3.63) is 29.6 Å². The van der Waals surface area contributed by atoms with E-state index in [1.807, 2.05) is 41.6 Å². The number of aromatic nitrogens is 2. The van der Waals surface area contributed by atoms with Crippen molar-refractivity contribution in [2.24, 2.45) is 7.05 Å². The summed E-state index contributed by atoms with van der Waals surface area (Å²) in [6.45, 7) is 3.63. The molecule has 0 aliphatic carbocycles. The fraction of sp³-hybridized carbons (Fsp3) is 0.526. The lowest BCUT2D eigenvalue weighted by Crippen LogP contribution is -2.41. The molecule has 0 atom stereocenters. The first-order valence-corrected chi connectivity index (χ1v) is 8.90. The molecule has 0 bridgehead atoms. The quantitative estimate of drug-likeness (QED) is 0.764. The summed E-state index contributed by atoms with van der Waals surface area (Å²) in [4.78, 5) is 30.3. The highest BCUT2D eigenvalue weighted by Crippen LogP contribution is 2.20. The number of benzene rings is 1.